The lowest BCUT2D eigenvalue weighted by Crippen LogP contribution is -2.30. The zero-order valence-electron chi connectivity index (χ0n) is 12.3. The van der Waals surface area contributed by atoms with Crippen LogP contribution in [-0.4, -0.2) is 36.8 Å². The van der Waals surface area contributed by atoms with Crippen LogP contribution in [0, 0.1) is 5.92 Å². The van der Waals surface area contributed by atoms with Gasteiger partial charge in [0.2, 0.25) is 0 Å². The smallest absolute Gasteiger partial charge is 0.160 e. The number of thiophene rings is 1. The molecule has 0 radical (unpaired) electrons. The van der Waals surface area contributed by atoms with E-state index >= 15 is 0 Å². The molecule has 3 rings (SSSR count). The number of nitrogens with one attached hydrogen (secondary N) is 1. The number of hydrogen-bond acceptors (Lipinski definition) is 5. The van der Waals surface area contributed by atoms with E-state index in [1.807, 2.05) is 6.20 Å². The maximum Gasteiger partial charge on any atom is 0.160 e. The summed E-state index contributed by atoms with van der Waals surface area (Å²) < 4.78 is 5.05. The van der Waals surface area contributed by atoms with Gasteiger partial charge in [0.1, 0.15) is 0 Å². The van der Waals surface area contributed by atoms with Gasteiger partial charge in [-0.15, -0.1) is 0 Å². The van der Waals surface area contributed by atoms with Gasteiger partial charge < -0.3 is 10.1 Å². The Morgan fingerprint density at radius 2 is 2.43 bits per heavy atom. The van der Waals surface area contributed by atoms with Crippen LogP contribution in [-0.2, 0) is 17.6 Å². The monoisotopic (exact) mass is 303 g/mol. The van der Waals surface area contributed by atoms with E-state index in [0.29, 0.717) is 5.92 Å². The maximum absolute atomic E-state index is 5.05. The minimum Gasteiger partial charge on any atom is -0.383 e. The summed E-state index contributed by atoms with van der Waals surface area (Å²) in [6.45, 7) is 2.75. The standard InChI is InChI=1S/C16H21N3OS/c1-20-6-5-17-9-12-2-3-15-14(8-12)10-18-16(19-15)13-4-7-21-11-13/h4,7,10-12,17H,2-3,5-6,8-9H2,1H3. The highest BCUT2D eigenvalue weighted by molar-refractivity contribution is 7.08. The molecule has 1 N–H and O–H groups in total. The Morgan fingerprint density at radius 3 is 3.24 bits per heavy atom. The predicted octanol–water partition coefficient (Wildman–Crippen LogP) is 2.55. The molecule has 0 spiro atoms. The fraction of sp³-hybridized carbons (Fsp3) is 0.500. The first-order valence-electron chi connectivity index (χ1n) is 7.44. The molecule has 4 nitrogen and oxygen atoms in total. The van der Waals surface area contributed by atoms with E-state index in [0.717, 1.165) is 43.9 Å². The van der Waals surface area contributed by atoms with Crippen LogP contribution >= 0.6 is 11.3 Å². The molecule has 0 bridgehead atoms. The van der Waals surface area contributed by atoms with E-state index in [-0.39, 0.29) is 0 Å². The summed E-state index contributed by atoms with van der Waals surface area (Å²) in [7, 11) is 1.74. The van der Waals surface area contributed by atoms with E-state index in [1.165, 1.54) is 17.7 Å². The lowest BCUT2D eigenvalue weighted by molar-refractivity contribution is 0.197. The van der Waals surface area contributed by atoms with Gasteiger partial charge in [0.05, 0.1) is 6.61 Å². The first-order chi connectivity index (χ1) is 10.4. The average Bonchev–Trinajstić information content (AvgIpc) is 3.05. The molecule has 1 aliphatic rings. The summed E-state index contributed by atoms with van der Waals surface area (Å²) in [6, 6.07) is 2.08. The molecule has 2 aromatic heterocycles. The van der Waals surface area contributed by atoms with Crippen molar-refractivity contribution in [2.75, 3.05) is 26.8 Å². The van der Waals surface area contributed by atoms with Crippen molar-refractivity contribution in [3.8, 4) is 11.4 Å². The van der Waals surface area contributed by atoms with Crippen molar-refractivity contribution in [1.29, 1.82) is 0 Å². The third-order valence-corrected chi connectivity index (χ3v) is 4.63. The normalized spacial score (nSPS) is 17.7. The molecule has 0 aromatic carbocycles. The molecule has 0 aliphatic heterocycles. The van der Waals surface area contributed by atoms with Crippen LogP contribution in [0.4, 0.5) is 0 Å². The quantitative estimate of drug-likeness (QED) is 0.833. The summed E-state index contributed by atoms with van der Waals surface area (Å²) in [5.41, 5.74) is 3.68. The average molecular weight is 303 g/mol. The summed E-state index contributed by atoms with van der Waals surface area (Å²) in [6.07, 6.45) is 5.37. The second-order valence-electron chi connectivity index (χ2n) is 5.48. The molecule has 0 saturated carbocycles. The van der Waals surface area contributed by atoms with Crippen molar-refractivity contribution >= 4 is 11.3 Å². The molecule has 112 valence electrons. The molecule has 1 atom stereocenters. The van der Waals surface area contributed by atoms with Crippen LogP contribution in [0.15, 0.2) is 23.0 Å². The van der Waals surface area contributed by atoms with Gasteiger partial charge in [-0.1, -0.05) is 0 Å². The Hall–Kier alpha value is -1.30. The van der Waals surface area contributed by atoms with Gasteiger partial charge >= 0.3 is 0 Å². The minimum atomic E-state index is 0.685. The molecule has 0 fully saturated rings. The molecule has 0 saturated heterocycles. The molecule has 2 heterocycles. The fourth-order valence-corrected chi connectivity index (χ4v) is 3.40. The first-order valence-corrected chi connectivity index (χ1v) is 8.38. The molecule has 2 aromatic rings. The maximum atomic E-state index is 5.05. The van der Waals surface area contributed by atoms with Crippen LogP contribution in [0.25, 0.3) is 11.4 Å². The van der Waals surface area contributed by atoms with E-state index < -0.39 is 0 Å². The van der Waals surface area contributed by atoms with Crippen LogP contribution < -0.4 is 5.32 Å². The Labute approximate surface area is 129 Å². The second-order valence-corrected chi connectivity index (χ2v) is 6.26. The number of aryl methyl sites for hydroxylation is 1. The van der Waals surface area contributed by atoms with E-state index in [2.05, 4.69) is 27.1 Å². The van der Waals surface area contributed by atoms with Crippen molar-refractivity contribution in [1.82, 2.24) is 15.3 Å². The molecule has 5 heteroatoms. The van der Waals surface area contributed by atoms with E-state index in [9.17, 15) is 0 Å². The SMILES string of the molecule is COCCNCC1CCc2nc(-c3ccsc3)ncc2C1. The van der Waals surface area contributed by atoms with Crippen LogP contribution in [0.1, 0.15) is 17.7 Å². The number of nitrogens with zero attached hydrogens (tertiary/aromatic N) is 2. The predicted molar refractivity (Wildman–Crippen MR) is 85.6 cm³/mol. The van der Waals surface area contributed by atoms with Gasteiger partial charge in [0, 0.05) is 36.5 Å². The summed E-state index contributed by atoms with van der Waals surface area (Å²) in [5, 5.41) is 7.63. The Bertz CT molecular complexity index is 571. The lowest BCUT2D eigenvalue weighted by atomic mass is 9.87. The van der Waals surface area contributed by atoms with Crippen molar-refractivity contribution < 1.29 is 4.74 Å². The van der Waals surface area contributed by atoms with Crippen molar-refractivity contribution in [2.45, 2.75) is 19.3 Å². The molecule has 0 amide bonds. The Morgan fingerprint density at radius 1 is 1.48 bits per heavy atom. The molecule has 21 heavy (non-hydrogen) atoms. The van der Waals surface area contributed by atoms with Crippen molar-refractivity contribution in [2.24, 2.45) is 5.92 Å². The van der Waals surface area contributed by atoms with Crippen LogP contribution in [0.2, 0.25) is 0 Å². The highest BCUT2D eigenvalue weighted by atomic mass is 32.1. The van der Waals surface area contributed by atoms with E-state index in [1.54, 1.807) is 18.4 Å². The van der Waals surface area contributed by atoms with Gasteiger partial charge in [-0.2, -0.15) is 11.3 Å². The molecular formula is C16H21N3OS. The molecule has 1 aliphatic carbocycles. The highest BCUT2D eigenvalue weighted by Crippen LogP contribution is 2.26. The minimum absolute atomic E-state index is 0.685. The lowest BCUT2D eigenvalue weighted by Gasteiger charge is -2.24. The summed E-state index contributed by atoms with van der Waals surface area (Å²) in [5.74, 6) is 1.55. The number of hydrogen-bond donors (Lipinski definition) is 1. The molecule has 1 unspecified atom stereocenters. The van der Waals surface area contributed by atoms with Gasteiger partial charge in [-0.3, -0.25) is 0 Å². The number of rotatable bonds is 6. The van der Waals surface area contributed by atoms with Gasteiger partial charge in [0.15, 0.2) is 5.82 Å². The van der Waals surface area contributed by atoms with E-state index in [4.69, 9.17) is 9.72 Å². The summed E-state index contributed by atoms with van der Waals surface area (Å²) >= 11 is 1.69. The highest BCUT2D eigenvalue weighted by Gasteiger charge is 2.20. The van der Waals surface area contributed by atoms with Crippen LogP contribution in [0.5, 0.6) is 0 Å². The van der Waals surface area contributed by atoms with Gasteiger partial charge in [-0.05, 0) is 48.7 Å². The summed E-state index contributed by atoms with van der Waals surface area (Å²) in [4.78, 5) is 9.29. The Kier molecular flexibility index (Phi) is 4.95. The largest absolute Gasteiger partial charge is 0.383 e. The van der Waals surface area contributed by atoms with Gasteiger partial charge in [0.25, 0.3) is 0 Å². The van der Waals surface area contributed by atoms with Crippen LogP contribution in [0.3, 0.4) is 0 Å². The third-order valence-electron chi connectivity index (χ3n) is 3.95. The van der Waals surface area contributed by atoms with Crippen molar-refractivity contribution in [3.05, 3.63) is 34.3 Å². The zero-order chi connectivity index (χ0) is 14.5. The van der Waals surface area contributed by atoms with Crippen molar-refractivity contribution in [3.63, 3.8) is 0 Å². The number of ether oxygens (including phenoxy) is 1. The van der Waals surface area contributed by atoms with Gasteiger partial charge in [-0.25, -0.2) is 9.97 Å². The number of aromatic nitrogens is 2. The third kappa shape index (κ3) is 3.67. The first kappa shape index (κ1) is 14.6. The topological polar surface area (TPSA) is 47.0 Å². The second kappa shape index (κ2) is 7.11. The fourth-order valence-electron chi connectivity index (χ4n) is 2.77. The number of methoxy groups -OCH3 is 1. The number of fused-ring (bicyclic) bond motifs is 1. The Balaban J connectivity index is 1.62. The zero-order valence-corrected chi connectivity index (χ0v) is 13.2. The molecular weight excluding hydrogens is 282 g/mol.